The Labute approximate surface area is 115 Å². The smallest absolute Gasteiger partial charge is 0.353 e. The molecule has 7 nitrogen and oxygen atoms in total. The molecule has 3 rings (SSSR count). The van der Waals surface area contributed by atoms with Crippen molar-refractivity contribution in [1.29, 1.82) is 0 Å². The van der Waals surface area contributed by atoms with Gasteiger partial charge in [-0.25, -0.2) is 4.79 Å². The molecule has 104 valence electrons. The zero-order valence-corrected chi connectivity index (χ0v) is 10.6. The van der Waals surface area contributed by atoms with Gasteiger partial charge in [0, 0.05) is 18.0 Å². The Balaban J connectivity index is 1.77. The average molecular weight is 274 g/mol. The van der Waals surface area contributed by atoms with Crippen molar-refractivity contribution in [2.75, 3.05) is 13.2 Å². The highest BCUT2D eigenvalue weighted by molar-refractivity contribution is 5.87. The van der Waals surface area contributed by atoms with Crippen molar-refractivity contribution in [2.45, 2.75) is 6.04 Å². The van der Waals surface area contributed by atoms with Gasteiger partial charge in [-0.05, 0) is 18.2 Å². The number of carbonyl (C=O) groups is 1. The summed E-state index contributed by atoms with van der Waals surface area (Å²) in [5.74, 6) is -1.15. The topological polar surface area (TPSA) is 102 Å². The molecule has 0 amide bonds. The fraction of sp³-hybridized carbons (Fsp3) is 0.231. The molecule has 0 aliphatic carbocycles. The second kappa shape index (κ2) is 4.86. The van der Waals surface area contributed by atoms with Crippen LogP contribution >= 0.6 is 0 Å². The third kappa shape index (κ3) is 2.19. The van der Waals surface area contributed by atoms with Crippen LogP contribution < -0.4 is 11.1 Å². The molecule has 0 saturated carbocycles. The van der Waals surface area contributed by atoms with Crippen molar-refractivity contribution in [3.63, 3.8) is 0 Å². The van der Waals surface area contributed by atoms with E-state index >= 15 is 0 Å². The Kier molecular flexibility index (Phi) is 3.03. The number of aromatic nitrogens is 2. The third-order valence-electron chi connectivity index (χ3n) is 3.23. The molecule has 7 heteroatoms. The number of hydrogen-bond donors (Lipinski definition) is 3. The first kappa shape index (κ1) is 12.5. The molecular formula is C13H14N4O3. The highest BCUT2D eigenvalue weighted by atomic mass is 16.5. The summed E-state index contributed by atoms with van der Waals surface area (Å²) in [5.41, 5.74) is 7.28. The molecule has 0 unspecified atom stereocenters. The van der Waals surface area contributed by atoms with E-state index in [-0.39, 0.29) is 5.70 Å². The molecule has 0 atom stereocenters. The number of nitrogens with two attached hydrogens (primary N) is 1. The van der Waals surface area contributed by atoms with Crippen LogP contribution in [-0.2, 0) is 9.53 Å². The van der Waals surface area contributed by atoms with Crippen LogP contribution in [0.25, 0.3) is 5.57 Å². The van der Waals surface area contributed by atoms with Crippen LogP contribution in [0.3, 0.4) is 0 Å². The van der Waals surface area contributed by atoms with Crippen LogP contribution in [0.4, 0.5) is 0 Å². The zero-order valence-electron chi connectivity index (χ0n) is 10.6. The number of aliphatic carboxylic acids is 1. The Morgan fingerprint density at radius 2 is 2.30 bits per heavy atom. The molecule has 1 fully saturated rings. The van der Waals surface area contributed by atoms with Crippen molar-refractivity contribution in [1.82, 2.24) is 15.1 Å². The molecule has 1 saturated heterocycles. The normalized spacial score (nSPS) is 20.9. The van der Waals surface area contributed by atoms with Crippen molar-refractivity contribution in [3.8, 4) is 0 Å². The molecule has 0 bridgehead atoms. The van der Waals surface area contributed by atoms with E-state index in [1.807, 2.05) is 16.9 Å². The van der Waals surface area contributed by atoms with E-state index in [2.05, 4.69) is 10.4 Å². The molecule has 4 N–H and O–H groups in total. The summed E-state index contributed by atoms with van der Waals surface area (Å²) >= 11 is 0. The van der Waals surface area contributed by atoms with E-state index in [1.54, 1.807) is 18.4 Å². The molecule has 2 aliphatic heterocycles. The first-order valence-electron chi connectivity index (χ1n) is 6.16. The van der Waals surface area contributed by atoms with Gasteiger partial charge in [0.2, 0.25) is 0 Å². The van der Waals surface area contributed by atoms with Gasteiger partial charge in [-0.1, -0.05) is 0 Å². The number of allylic oxidation sites excluding steroid dienone is 3. The van der Waals surface area contributed by atoms with Crippen LogP contribution in [-0.4, -0.2) is 34.1 Å². The zero-order chi connectivity index (χ0) is 14.1. The molecule has 2 aliphatic rings. The lowest BCUT2D eigenvalue weighted by Gasteiger charge is -2.26. The lowest BCUT2D eigenvalue weighted by molar-refractivity contribution is -0.132. The first-order chi connectivity index (χ1) is 9.65. The van der Waals surface area contributed by atoms with Crippen molar-refractivity contribution < 1.29 is 14.6 Å². The summed E-state index contributed by atoms with van der Waals surface area (Å²) in [6.45, 7) is 1.38. The molecule has 1 aromatic heterocycles. The maximum Gasteiger partial charge on any atom is 0.353 e. The second-order valence-corrected chi connectivity index (χ2v) is 4.58. The molecule has 0 spiro atoms. The van der Waals surface area contributed by atoms with Crippen molar-refractivity contribution in [2.24, 2.45) is 5.73 Å². The van der Waals surface area contributed by atoms with Gasteiger partial charge in [-0.15, -0.1) is 0 Å². The fourth-order valence-corrected chi connectivity index (χ4v) is 1.94. The molecular weight excluding hydrogens is 260 g/mol. The van der Waals surface area contributed by atoms with E-state index in [9.17, 15) is 4.79 Å². The number of dihydropyridines is 1. The summed E-state index contributed by atoms with van der Waals surface area (Å²) in [4.78, 5) is 10.8. The maximum atomic E-state index is 10.8. The minimum absolute atomic E-state index is 0.214. The number of rotatable bonds is 3. The van der Waals surface area contributed by atoms with Gasteiger partial charge in [-0.3, -0.25) is 4.68 Å². The van der Waals surface area contributed by atoms with E-state index in [0.717, 1.165) is 11.3 Å². The van der Waals surface area contributed by atoms with Crippen LogP contribution in [0.1, 0.15) is 11.7 Å². The second-order valence-electron chi connectivity index (χ2n) is 4.58. The van der Waals surface area contributed by atoms with Crippen LogP contribution in [0, 0.1) is 0 Å². The highest BCUT2D eigenvalue weighted by Crippen LogP contribution is 2.21. The fourth-order valence-electron chi connectivity index (χ4n) is 1.94. The largest absolute Gasteiger partial charge is 0.477 e. The monoisotopic (exact) mass is 274 g/mol. The van der Waals surface area contributed by atoms with Crippen LogP contribution in [0.5, 0.6) is 0 Å². The van der Waals surface area contributed by atoms with Gasteiger partial charge in [0.15, 0.2) is 0 Å². The lowest BCUT2D eigenvalue weighted by Crippen LogP contribution is -2.31. The van der Waals surface area contributed by atoms with E-state index in [0.29, 0.717) is 25.0 Å². The SMILES string of the molecule is N/C(C(=O)O)=C1/C=CC(c2ccn(C3COC3)n2)=CN1. The van der Waals surface area contributed by atoms with Gasteiger partial charge < -0.3 is 20.9 Å². The summed E-state index contributed by atoms with van der Waals surface area (Å²) < 4.78 is 7.01. The minimum atomic E-state index is -1.15. The van der Waals surface area contributed by atoms with Gasteiger partial charge >= 0.3 is 5.97 Å². The number of nitrogens with one attached hydrogen (secondary N) is 1. The Morgan fingerprint density at radius 3 is 2.85 bits per heavy atom. The number of ether oxygens (including phenoxy) is 1. The molecule has 20 heavy (non-hydrogen) atoms. The Morgan fingerprint density at radius 1 is 1.50 bits per heavy atom. The Bertz CT molecular complexity index is 638. The molecule has 0 radical (unpaired) electrons. The molecule has 1 aromatic rings. The minimum Gasteiger partial charge on any atom is -0.477 e. The number of hydrogen-bond acceptors (Lipinski definition) is 5. The van der Waals surface area contributed by atoms with Crippen molar-refractivity contribution in [3.05, 3.63) is 47.7 Å². The van der Waals surface area contributed by atoms with E-state index < -0.39 is 5.97 Å². The predicted octanol–water partition coefficient (Wildman–Crippen LogP) is 0.210. The summed E-state index contributed by atoms with van der Waals surface area (Å²) in [5, 5.41) is 16.2. The number of carboxylic acid groups (broad SMARTS) is 1. The van der Waals surface area contributed by atoms with Crippen LogP contribution in [0.15, 0.2) is 42.0 Å². The summed E-state index contributed by atoms with van der Waals surface area (Å²) in [6, 6.07) is 2.22. The standard InChI is InChI=1S/C13H14N4O3/c14-12(13(18)19)11-2-1-8(5-15-11)10-3-4-17(16-10)9-6-20-7-9/h1-5,9,15H,6-7,14H2,(H,18,19)/b12-11-. The van der Waals surface area contributed by atoms with Gasteiger partial charge in [0.1, 0.15) is 5.70 Å². The predicted molar refractivity (Wildman–Crippen MR) is 71.2 cm³/mol. The first-order valence-corrected chi connectivity index (χ1v) is 6.16. The summed E-state index contributed by atoms with van der Waals surface area (Å²) in [7, 11) is 0. The average Bonchev–Trinajstić information content (AvgIpc) is 2.85. The number of nitrogens with zero attached hydrogens (tertiary/aromatic N) is 2. The van der Waals surface area contributed by atoms with Gasteiger partial charge in [0.25, 0.3) is 0 Å². The maximum absolute atomic E-state index is 10.8. The highest BCUT2D eigenvalue weighted by Gasteiger charge is 2.21. The lowest BCUT2D eigenvalue weighted by atomic mass is 10.1. The van der Waals surface area contributed by atoms with Crippen molar-refractivity contribution >= 4 is 11.5 Å². The van der Waals surface area contributed by atoms with Gasteiger partial charge in [-0.2, -0.15) is 5.10 Å². The summed E-state index contributed by atoms with van der Waals surface area (Å²) in [6.07, 6.45) is 7.01. The van der Waals surface area contributed by atoms with Gasteiger partial charge in [0.05, 0.1) is 30.6 Å². The third-order valence-corrected chi connectivity index (χ3v) is 3.23. The molecule has 3 heterocycles. The Hall–Kier alpha value is -2.54. The molecule has 0 aromatic carbocycles. The number of carboxylic acids is 1. The van der Waals surface area contributed by atoms with E-state index in [1.165, 1.54) is 0 Å². The van der Waals surface area contributed by atoms with E-state index in [4.69, 9.17) is 15.6 Å². The quantitative estimate of drug-likeness (QED) is 0.681. The van der Waals surface area contributed by atoms with Crippen LogP contribution in [0.2, 0.25) is 0 Å².